The van der Waals surface area contributed by atoms with Gasteiger partial charge in [0.2, 0.25) is 0 Å². The average molecular weight is 292 g/mol. The van der Waals surface area contributed by atoms with E-state index in [0.29, 0.717) is 22.2 Å². The Labute approximate surface area is 120 Å². The number of thioether (sulfide) groups is 1. The van der Waals surface area contributed by atoms with Gasteiger partial charge in [0, 0.05) is 23.0 Å². The van der Waals surface area contributed by atoms with E-state index in [1.54, 1.807) is 16.7 Å². The smallest absolute Gasteiger partial charge is 0.344 e. The van der Waals surface area contributed by atoms with Crippen LogP contribution in [-0.2, 0) is 0 Å². The maximum absolute atomic E-state index is 11.6. The molecule has 2 aromatic rings. The van der Waals surface area contributed by atoms with Gasteiger partial charge in [-0.25, -0.2) is 9.89 Å². The van der Waals surface area contributed by atoms with Gasteiger partial charge in [0.1, 0.15) is 0 Å². The standard InChI is InChI=1S/C13H16N4O2S/c14-10-4-2-1-3-9(10)11(18)7-20-13-16-15-12(19)17(13)8-5-6-8/h1-4,8,11,18H,5-7,14H2,(H,15,19). The Morgan fingerprint density at radius 1 is 1.50 bits per heavy atom. The summed E-state index contributed by atoms with van der Waals surface area (Å²) in [5.74, 6) is 0.408. The van der Waals surface area contributed by atoms with Crippen LogP contribution in [0.1, 0.15) is 30.6 Å². The van der Waals surface area contributed by atoms with Gasteiger partial charge < -0.3 is 10.8 Å². The molecular formula is C13H16N4O2S. The molecule has 1 saturated carbocycles. The van der Waals surface area contributed by atoms with Crippen molar-refractivity contribution in [3.8, 4) is 0 Å². The molecule has 1 fully saturated rings. The predicted octanol–water partition coefficient (Wildman–Crippen LogP) is 1.31. The summed E-state index contributed by atoms with van der Waals surface area (Å²) in [6, 6.07) is 7.50. The number of aromatic amines is 1. The third-order valence-corrected chi connectivity index (χ3v) is 4.34. The monoisotopic (exact) mass is 292 g/mol. The molecule has 1 aromatic carbocycles. The van der Waals surface area contributed by atoms with E-state index in [1.807, 2.05) is 12.1 Å². The van der Waals surface area contributed by atoms with Crippen LogP contribution in [0.4, 0.5) is 5.69 Å². The van der Waals surface area contributed by atoms with Crippen LogP contribution in [0.15, 0.2) is 34.2 Å². The number of nitrogen functional groups attached to an aromatic ring is 1. The minimum Gasteiger partial charge on any atom is -0.398 e. The van der Waals surface area contributed by atoms with Crippen molar-refractivity contribution in [2.75, 3.05) is 11.5 Å². The molecule has 1 unspecified atom stereocenters. The Bertz CT molecular complexity index is 662. The number of nitrogens with one attached hydrogen (secondary N) is 1. The predicted molar refractivity (Wildman–Crippen MR) is 77.7 cm³/mol. The fourth-order valence-electron chi connectivity index (χ4n) is 2.10. The Morgan fingerprint density at radius 3 is 2.95 bits per heavy atom. The normalized spacial score (nSPS) is 16.2. The van der Waals surface area contributed by atoms with Crippen molar-refractivity contribution in [3.05, 3.63) is 40.3 Å². The van der Waals surface area contributed by atoms with Gasteiger partial charge in [-0.15, -0.1) is 5.10 Å². The fourth-order valence-corrected chi connectivity index (χ4v) is 3.07. The second kappa shape index (κ2) is 5.34. The highest BCUT2D eigenvalue weighted by molar-refractivity contribution is 7.99. The second-order valence-corrected chi connectivity index (χ2v) is 5.86. The number of para-hydroxylation sites is 1. The van der Waals surface area contributed by atoms with E-state index in [0.717, 1.165) is 12.8 Å². The molecule has 0 aliphatic heterocycles. The zero-order valence-corrected chi connectivity index (χ0v) is 11.6. The van der Waals surface area contributed by atoms with Gasteiger partial charge in [-0.3, -0.25) is 4.57 Å². The van der Waals surface area contributed by atoms with E-state index >= 15 is 0 Å². The summed E-state index contributed by atoms with van der Waals surface area (Å²) in [6.07, 6.45) is 1.35. The number of aliphatic hydroxyl groups is 1. The van der Waals surface area contributed by atoms with Gasteiger partial charge in [-0.05, 0) is 18.9 Å². The molecule has 0 spiro atoms. The minimum absolute atomic E-state index is 0.177. The molecule has 20 heavy (non-hydrogen) atoms. The molecule has 1 aliphatic carbocycles. The average Bonchev–Trinajstić information content (AvgIpc) is 3.20. The van der Waals surface area contributed by atoms with E-state index in [2.05, 4.69) is 10.2 Å². The van der Waals surface area contributed by atoms with E-state index in [9.17, 15) is 9.90 Å². The number of hydrogen-bond acceptors (Lipinski definition) is 5. The second-order valence-electron chi connectivity index (χ2n) is 4.87. The summed E-state index contributed by atoms with van der Waals surface area (Å²) >= 11 is 1.36. The molecule has 0 saturated heterocycles. The SMILES string of the molecule is Nc1ccccc1C(O)CSc1n[nH]c(=O)n1C1CC1. The number of aromatic nitrogens is 3. The summed E-state index contributed by atoms with van der Waals surface area (Å²) in [6.45, 7) is 0. The van der Waals surface area contributed by atoms with Crippen LogP contribution in [-0.4, -0.2) is 25.6 Å². The first kappa shape index (κ1) is 13.3. The highest BCUT2D eigenvalue weighted by atomic mass is 32.2. The molecule has 1 heterocycles. The van der Waals surface area contributed by atoms with Crippen molar-refractivity contribution in [1.29, 1.82) is 0 Å². The molecule has 7 heteroatoms. The number of hydrogen-bond donors (Lipinski definition) is 3. The van der Waals surface area contributed by atoms with E-state index < -0.39 is 6.10 Å². The minimum atomic E-state index is -0.680. The Balaban J connectivity index is 1.71. The molecule has 1 atom stereocenters. The molecule has 4 N–H and O–H groups in total. The van der Waals surface area contributed by atoms with Crippen molar-refractivity contribution in [2.24, 2.45) is 0 Å². The number of anilines is 1. The summed E-state index contributed by atoms with van der Waals surface area (Å²) < 4.78 is 1.67. The Kier molecular flexibility index (Phi) is 3.54. The highest BCUT2D eigenvalue weighted by Gasteiger charge is 2.28. The van der Waals surface area contributed by atoms with Gasteiger partial charge >= 0.3 is 5.69 Å². The van der Waals surface area contributed by atoms with Crippen molar-refractivity contribution in [2.45, 2.75) is 30.1 Å². The van der Waals surface area contributed by atoms with Crippen LogP contribution in [0, 0.1) is 0 Å². The fraction of sp³-hybridized carbons (Fsp3) is 0.385. The molecule has 1 aromatic heterocycles. The lowest BCUT2D eigenvalue weighted by Crippen LogP contribution is -2.16. The number of aliphatic hydroxyl groups excluding tert-OH is 1. The van der Waals surface area contributed by atoms with Gasteiger partial charge in [-0.1, -0.05) is 30.0 Å². The molecule has 1 aliphatic rings. The van der Waals surface area contributed by atoms with Crippen molar-refractivity contribution in [1.82, 2.24) is 14.8 Å². The molecule has 0 radical (unpaired) electrons. The molecular weight excluding hydrogens is 276 g/mol. The lowest BCUT2D eigenvalue weighted by atomic mass is 10.1. The van der Waals surface area contributed by atoms with Crippen LogP contribution in [0.3, 0.4) is 0 Å². The topological polar surface area (TPSA) is 96.9 Å². The number of benzene rings is 1. The van der Waals surface area contributed by atoms with E-state index in [-0.39, 0.29) is 11.7 Å². The maximum Gasteiger partial charge on any atom is 0.344 e. The first-order chi connectivity index (χ1) is 9.66. The van der Waals surface area contributed by atoms with Crippen LogP contribution in [0.5, 0.6) is 0 Å². The Morgan fingerprint density at radius 2 is 2.25 bits per heavy atom. The van der Waals surface area contributed by atoms with Gasteiger partial charge in [0.15, 0.2) is 5.16 Å². The van der Waals surface area contributed by atoms with Gasteiger partial charge in [-0.2, -0.15) is 0 Å². The number of nitrogens with zero attached hydrogens (tertiary/aromatic N) is 2. The highest BCUT2D eigenvalue weighted by Crippen LogP contribution is 2.36. The molecule has 0 amide bonds. The summed E-state index contributed by atoms with van der Waals surface area (Å²) in [4.78, 5) is 11.6. The zero-order chi connectivity index (χ0) is 14.1. The van der Waals surface area contributed by atoms with Crippen LogP contribution in [0.2, 0.25) is 0 Å². The largest absolute Gasteiger partial charge is 0.398 e. The molecule has 106 valence electrons. The quantitative estimate of drug-likeness (QED) is 0.570. The van der Waals surface area contributed by atoms with Crippen LogP contribution < -0.4 is 11.4 Å². The summed E-state index contributed by atoms with van der Waals surface area (Å²) in [7, 11) is 0. The lowest BCUT2D eigenvalue weighted by Gasteiger charge is -2.12. The molecule has 6 nitrogen and oxygen atoms in total. The van der Waals surface area contributed by atoms with Crippen molar-refractivity contribution >= 4 is 17.4 Å². The number of nitrogens with two attached hydrogens (primary N) is 1. The third-order valence-electron chi connectivity index (χ3n) is 3.31. The first-order valence-corrected chi connectivity index (χ1v) is 7.47. The summed E-state index contributed by atoms with van der Waals surface area (Å²) in [5.41, 5.74) is 6.94. The third kappa shape index (κ3) is 2.59. The van der Waals surface area contributed by atoms with E-state index in [4.69, 9.17) is 5.73 Å². The lowest BCUT2D eigenvalue weighted by molar-refractivity contribution is 0.205. The Hall–Kier alpha value is -1.73. The van der Waals surface area contributed by atoms with Crippen molar-refractivity contribution < 1.29 is 5.11 Å². The van der Waals surface area contributed by atoms with Crippen molar-refractivity contribution in [3.63, 3.8) is 0 Å². The summed E-state index contributed by atoms with van der Waals surface area (Å²) in [5, 5.41) is 17.3. The number of rotatable bonds is 5. The zero-order valence-electron chi connectivity index (χ0n) is 10.8. The van der Waals surface area contributed by atoms with Gasteiger partial charge in [0.05, 0.1) is 6.10 Å². The maximum atomic E-state index is 11.6. The number of H-pyrrole nitrogens is 1. The van der Waals surface area contributed by atoms with E-state index in [1.165, 1.54) is 11.8 Å². The first-order valence-electron chi connectivity index (χ1n) is 6.49. The van der Waals surface area contributed by atoms with Crippen LogP contribution >= 0.6 is 11.8 Å². The van der Waals surface area contributed by atoms with Gasteiger partial charge in [0.25, 0.3) is 0 Å². The molecule has 3 rings (SSSR count). The molecule has 0 bridgehead atoms. The van der Waals surface area contributed by atoms with Crippen LogP contribution in [0.25, 0.3) is 0 Å².